The zero-order chi connectivity index (χ0) is 75.2. The summed E-state index contributed by atoms with van der Waals surface area (Å²) in [5, 5.41) is -8.90. The van der Waals surface area contributed by atoms with Gasteiger partial charge in [-0.05, 0) is 83.9 Å². The Morgan fingerprint density at radius 1 is 0.271 bits per heavy atom. The molecule has 0 fully saturated rings. The molecular weight excluding hydrogens is 877 g/mol. The Morgan fingerprint density at radius 3 is 1.07 bits per heavy atom. The molecule has 70 heavy (non-hydrogen) atoms. The van der Waals surface area contributed by atoms with E-state index in [2.05, 4.69) is 0 Å². The van der Waals surface area contributed by atoms with Crippen LogP contribution in [-0.2, 0) is 0 Å². The van der Waals surface area contributed by atoms with E-state index >= 15 is 0 Å². The third kappa shape index (κ3) is 6.38. The molecule has 2 heterocycles. The van der Waals surface area contributed by atoms with Gasteiger partial charge in [0.2, 0.25) is 0 Å². The first-order valence-electron chi connectivity index (χ1n) is 38.1. The Balaban J connectivity index is 1.51. The van der Waals surface area contributed by atoms with Gasteiger partial charge >= 0.3 is 0 Å². The largest absolute Gasteiger partial charge is 0.309 e. The quantitative estimate of drug-likeness (QED) is 0.0955. The molecule has 0 N–H and O–H groups in total. The molecule has 2 aromatic heterocycles. The molecule has 11 aromatic carbocycles. The number of para-hydroxylation sites is 3. The third-order valence-electron chi connectivity index (χ3n) is 12.4. The maximum Gasteiger partial charge on any atom is 0.179 e. The van der Waals surface area contributed by atoms with Crippen molar-refractivity contribution in [1.82, 2.24) is 9.13 Å². The molecule has 0 atom stereocenters. The van der Waals surface area contributed by atoms with E-state index in [1.54, 1.807) is 60.7 Å². The van der Waals surface area contributed by atoms with Gasteiger partial charge < -0.3 is 9.13 Å². The molecule has 0 aliphatic carbocycles. The summed E-state index contributed by atoms with van der Waals surface area (Å²) >= 11 is 0. The number of rotatable bonds is 10. The Hall–Kier alpha value is -8.55. The maximum absolute atomic E-state index is 11.6. The molecule has 2 nitrogen and oxygen atoms in total. The van der Waals surface area contributed by atoms with E-state index in [1.165, 1.54) is 22.8 Å². The molecular formula is C66H48N2Si2. The van der Waals surface area contributed by atoms with Crippen molar-refractivity contribution in [1.29, 1.82) is 0 Å². The van der Waals surface area contributed by atoms with E-state index < -0.39 is 263 Å². The zero-order valence-electron chi connectivity index (χ0n) is 69.1. The average Bonchev–Trinajstić information content (AvgIpc) is 0.913. The molecule has 0 spiro atoms. The fourth-order valence-electron chi connectivity index (χ4n) is 9.66. The molecule has 0 aliphatic rings. The molecule has 13 rings (SSSR count). The number of aromatic nitrogens is 2. The Morgan fingerprint density at radius 2 is 0.643 bits per heavy atom. The molecule has 0 saturated carbocycles. The van der Waals surface area contributed by atoms with E-state index in [9.17, 15) is 37.0 Å². The fraction of sp³-hybridized carbons (Fsp3) is 0. The predicted octanol–water partition coefficient (Wildman–Crippen LogP) is 10.6. The highest BCUT2D eigenvalue weighted by atomic mass is 28.3. The topological polar surface area (TPSA) is 9.86 Å². The summed E-state index contributed by atoms with van der Waals surface area (Å²) in [6.07, 6.45) is 0. The normalized spacial score (nSPS) is 18.6. The summed E-state index contributed by atoms with van der Waals surface area (Å²) in [6, 6.07) is -18.8. The fourth-order valence-corrected chi connectivity index (χ4v) is 17.0. The minimum absolute atomic E-state index is 0.0344. The number of nitrogens with zero attached hydrogens (tertiary/aromatic N) is 2. The minimum Gasteiger partial charge on any atom is -0.309 e. The van der Waals surface area contributed by atoms with Crippen LogP contribution in [0.15, 0.2) is 290 Å². The van der Waals surface area contributed by atoms with Gasteiger partial charge in [-0.3, -0.25) is 0 Å². The van der Waals surface area contributed by atoms with Crippen molar-refractivity contribution < 1.29 is 45.2 Å². The van der Waals surface area contributed by atoms with Crippen molar-refractivity contribution in [2.24, 2.45) is 0 Å². The van der Waals surface area contributed by atoms with Crippen LogP contribution in [0.2, 0.25) is 0 Å². The van der Waals surface area contributed by atoms with Gasteiger partial charge in [-0.2, -0.15) is 0 Å². The lowest BCUT2D eigenvalue weighted by Crippen LogP contribution is -2.78. The maximum atomic E-state index is 11.6. The van der Waals surface area contributed by atoms with E-state index in [0.29, 0.717) is 27.5 Å². The second-order valence-corrected chi connectivity index (χ2v) is 22.9. The number of hydrogen-bond acceptors (Lipinski definition) is 0. The first kappa shape index (κ1) is 19.8. The van der Waals surface area contributed by atoms with Gasteiger partial charge in [-0.1, -0.05) is 248 Å². The van der Waals surface area contributed by atoms with Gasteiger partial charge in [-0.25, -0.2) is 0 Å². The van der Waals surface area contributed by atoms with Crippen LogP contribution in [-0.4, -0.2) is 25.3 Å². The van der Waals surface area contributed by atoms with Gasteiger partial charge in [-0.15, -0.1) is 0 Å². The summed E-state index contributed by atoms with van der Waals surface area (Å²) in [4.78, 5) is 0. The first-order chi connectivity index (χ1) is 48.5. The molecule has 13 aromatic rings. The van der Waals surface area contributed by atoms with Crippen molar-refractivity contribution in [2.45, 2.75) is 0 Å². The van der Waals surface area contributed by atoms with Crippen molar-refractivity contribution in [3.05, 3.63) is 290 Å². The summed E-state index contributed by atoms with van der Waals surface area (Å²) in [7, 11) is -14.1. The average molecular weight is 958 g/mol. The molecule has 0 unspecified atom stereocenters. The lowest BCUT2D eigenvalue weighted by molar-refractivity contribution is 1.18. The monoisotopic (exact) mass is 958 g/mol. The summed E-state index contributed by atoms with van der Waals surface area (Å²) < 4.78 is 327. The predicted molar refractivity (Wildman–Crippen MR) is 302 cm³/mol. The van der Waals surface area contributed by atoms with Crippen LogP contribution in [0, 0.1) is 0 Å². The van der Waals surface area contributed by atoms with Crippen LogP contribution in [0.25, 0.3) is 55.0 Å². The molecule has 0 aliphatic heterocycles. The first-order valence-corrected chi connectivity index (χ1v) is 25.6. The van der Waals surface area contributed by atoms with Crippen LogP contribution in [0.5, 0.6) is 0 Å². The molecule has 0 bridgehead atoms. The van der Waals surface area contributed by atoms with Gasteiger partial charge in [0.25, 0.3) is 0 Å². The molecule has 0 saturated heterocycles. The SMILES string of the molecule is [2H]c1c([2H])c([2H])c([Si](c2c([2H])c([2H])c([2H])c([2H])c2[2H])(c2c([2H])c([2H])c([2H])c([2H])c2[2H])c2c([2H])c(-n3c4ccccc4c4c3ccc3c5ccccc5n(-c5ccccc5)c34)c([2H])c([Si](c3c([2H])c([2H])c([2H])c([2H])c3[2H])(c3c([2H])c([2H])c([2H])c([2H])c3[2H])c3c([2H])c([2H])c([2H])c([2H])c3[2H])c2[2H])c([2H])c1[2H]. The van der Waals surface area contributed by atoms with Crippen LogP contribution in [0.4, 0.5) is 0 Å². The van der Waals surface area contributed by atoms with E-state index in [1.807, 2.05) is 16.7 Å². The smallest absolute Gasteiger partial charge is 0.179 e. The van der Waals surface area contributed by atoms with Crippen LogP contribution >= 0.6 is 0 Å². The highest BCUT2D eigenvalue weighted by Crippen LogP contribution is 2.42. The van der Waals surface area contributed by atoms with Gasteiger partial charge in [0.15, 0.2) is 16.1 Å². The summed E-state index contributed by atoms with van der Waals surface area (Å²) in [5.41, 5.74) is 0.581. The van der Waals surface area contributed by atoms with Crippen LogP contribution < -0.4 is 41.5 Å². The molecule has 0 amide bonds. The van der Waals surface area contributed by atoms with Gasteiger partial charge in [0.1, 0.15) is 0 Å². The lowest BCUT2D eigenvalue weighted by atomic mass is 10.1. The van der Waals surface area contributed by atoms with E-state index in [4.69, 9.17) is 8.22 Å². The van der Waals surface area contributed by atoms with Crippen molar-refractivity contribution in [3.8, 4) is 11.4 Å². The van der Waals surface area contributed by atoms with Crippen LogP contribution in [0.1, 0.15) is 45.2 Å². The van der Waals surface area contributed by atoms with Crippen LogP contribution in [0.3, 0.4) is 0 Å². The highest BCUT2D eigenvalue weighted by Gasteiger charge is 2.46. The highest BCUT2D eigenvalue weighted by molar-refractivity contribution is 7.22. The number of hydrogen-bond donors (Lipinski definition) is 0. The number of fused-ring (bicyclic) bond motifs is 7. The molecule has 0 radical (unpaired) electrons. The van der Waals surface area contributed by atoms with Gasteiger partial charge in [0.05, 0.1) is 67.3 Å². The summed E-state index contributed by atoms with van der Waals surface area (Å²) in [5.74, 6) is 0. The Labute approximate surface area is 457 Å². The van der Waals surface area contributed by atoms with Crippen molar-refractivity contribution in [2.75, 3.05) is 0 Å². The van der Waals surface area contributed by atoms with E-state index in [-0.39, 0.29) is 21.8 Å². The Kier molecular flexibility index (Phi) is 4.87. The van der Waals surface area contributed by atoms with Crippen molar-refractivity contribution in [3.63, 3.8) is 0 Å². The Bertz CT molecular complexity index is 5260. The second kappa shape index (κ2) is 17.2. The zero-order valence-corrected chi connectivity index (χ0v) is 38.1. The minimum atomic E-state index is -7.06. The van der Waals surface area contributed by atoms with Gasteiger partial charge in [0, 0.05) is 32.9 Å². The lowest BCUT2D eigenvalue weighted by Gasteiger charge is -2.38. The van der Waals surface area contributed by atoms with Crippen molar-refractivity contribution >= 4 is 101 Å². The second-order valence-electron chi connectivity index (χ2n) is 15.9. The number of benzene rings is 11. The standard InChI is InChI=1S/C66H48N2Si2/c1-8-26-49(27-9-1)68-62-42-24-22-40-59(62)60-44-45-64-65(66(60)68)61-41-23-25-43-63(61)67(64)50-46-57(69(51-28-10-2-11-29-51,52-30-12-3-13-31-52)53-32-14-4-15-33-53)48-58(47-50)70(54-34-16-5-17-35-54,55-36-18-6-19-37-55)56-38-20-7-21-39-56/h1-48H/i2D,3D,4D,5D,6D,7D,10D,11D,12D,13D,14D,15D,16D,17D,18D,19D,20D,21D,28D,29D,30D,31D,32D,33D,34D,35D,36D,37D,38D,39D,46D,47D,48D. The summed E-state index contributed by atoms with van der Waals surface area (Å²) in [6.45, 7) is 0. The molecule has 4 heteroatoms. The van der Waals surface area contributed by atoms with E-state index in [0.717, 1.165) is 0 Å². The molecule has 330 valence electrons. The third-order valence-corrected chi connectivity index (χ3v) is 20.4.